The summed E-state index contributed by atoms with van der Waals surface area (Å²) in [5, 5.41) is 19.2. The molecule has 38 heteroatoms. The minimum Gasteiger partial charge on any atom is -0.467 e. The number of nitro groups is 1. The first-order valence-corrected chi connectivity index (χ1v) is 37.8. The van der Waals surface area contributed by atoms with Crippen LogP contribution in [-0.4, -0.2) is 306 Å². The summed E-state index contributed by atoms with van der Waals surface area (Å²) in [5.74, 6) is -5.86. The standard InChI is InChI=1S/C78H105N5O33/c1-54(84)111-70-71(112-55(2)85)73(113-56(3)86)75(116-72(70)74(90)96-5)115-66-19-14-57(48-109-77(92)114-60-17-15-59(16-18-60)83(93)94)46-58(66)47-80-67(87)20-22-79-68(88)50-110-78(51-81-76(91)108-49-65-63-12-8-6-10-61(63)62-11-7-9-13-64(62)65)52-82(53-78)69(89)21-23-97-26-27-99-30-31-101-34-35-103-38-39-105-42-43-107-45-44-106-41-40-104-37-36-102-33-32-100-29-28-98-25-24-95-4/h6-19,46,65,70-73,75H,20-45,47-53H2,1-5H3,(H,79,88)(H,80,87)(H,81,91)/t70-,71-,72-,73+,75+/m0/s1. The highest BCUT2D eigenvalue weighted by atomic mass is 16.7. The van der Waals surface area contributed by atoms with Crippen LogP contribution in [0, 0.1) is 10.1 Å². The Kier molecular flexibility index (Phi) is 42.6. The van der Waals surface area contributed by atoms with Crippen molar-refractivity contribution in [2.75, 3.05) is 206 Å². The summed E-state index contributed by atoms with van der Waals surface area (Å²) in [5.41, 5.74) is 3.03. The van der Waals surface area contributed by atoms with Gasteiger partial charge in [-0.2, -0.15) is 0 Å². The first-order chi connectivity index (χ1) is 56.3. The fourth-order valence-electron chi connectivity index (χ4n) is 11.8. The van der Waals surface area contributed by atoms with E-state index in [4.69, 9.17) is 104 Å². The number of carbonyl (C=O) groups is 9. The molecule has 4 amide bonds. The van der Waals surface area contributed by atoms with Crippen LogP contribution in [0.4, 0.5) is 15.3 Å². The Morgan fingerprint density at radius 1 is 0.534 bits per heavy atom. The molecule has 116 heavy (non-hydrogen) atoms. The number of hydrogen-bond acceptors (Lipinski definition) is 33. The number of nitrogens with zero attached hydrogens (tertiary/aromatic N) is 2. The summed E-state index contributed by atoms with van der Waals surface area (Å²) in [7, 11) is 2.64. The van der Waals surface area contributed by atoms with Gasteiger partial charge in [-0.1, -0.05) is 54.6 Å². The third kappa shape index (κ3) is 33.9. The van der Waals surface area contributed by atoms with Crippen molar-refractivity contribution < 1.29 is 152 Å². The van der Waals surface area contributed by atoms with Crippen LogP contribution in [0.25, 0.3) is 11.1 Å². The number of rotatable bonds is 58. The van der Waals surface area contributed by atoms with Gasteiger partial charge in [-0.05, 0) is 52.1 Å². The average Bonchev–Trinajstić information content (AvgIpc) is 1.32. The molecule has 3 N–H and O–H groups in total. The molecular weight excluding hydrogens is 1530 g/mol. The lowest BCUT2D eigenvalue weighted by Crippen LogP contribution is -2.69. The van der Waals surface area contributed by atoms with Gasteiger partial charge in [-0.25, -0.2) is 14.4 Å². The van der Waals surface area contributed by atoms with Crippen LogP contribution in [0.1, 0.15) is 61.8 Å². The van der Waals surface area contributed by atoms with Crippen molar-refractivity contribution >= 4 is 59.5 Å². The molecule has 2 heterocycles. The Labute approximate surface area is 670 Å². The van der Waals surface area contributed by atoms with E-state index in [9.17, 15) is 53.3 Å². The maximum Gasteiger partial charge on any atom is 0.514 e. The molecule has 2 aliphatic heterocycles. The number of nitrogens with one attached hydrogen (secondary N) is 3. The van der Waals surface area contributed by atoms with Gasteiger partial charge >= 0.3 is 36.1 Å². The van der Waals surface area contributed by atoms with Gasteiger partial charge in [0.2, 0.25) is 30.1 Å². The van der Waals surface area contributed by atoms with Gasteiger partial charge < -0.3 is 125 Å². The molecule has 0 unspecified atom stereocenters. The Hall–Kier alpha value is -9.65. The minimum atomic E-state index is -1.83. The summed E-state index contributed by atoms with van der Waals surface area (Å²) < 4.78 is 122. The van der Waals surface area contributed by atoms with E-state index in [1.54, 1.807) is 7.11 Å². The Morgan fingerprint density at radius 2 is 1.02 bits per heavy atom. The van der Waals surface area contributed by atoms with Crippen molar-refractivity contribution in [3.8, 4) is 22.6 Å². The predicted molar refractivity (Wildman–Crippen MR) is 402 cm³/mol. The molecular formula is C78H105N5O33. The van der Waals surface area contributed by atoms with E-state index in [0.29, 0.717) is 132 Å². The van der Waals surface area contributed by atoms with Crippen LogP contribution in [0.15, 0.2) is 91.0 Å². The van der Waals surface area contributed by atoms with Crippen molar-refractivity contribution in [2.24, 2.45) is 0 Å². The van der Waals surface area contributed by atoms with Crippen molar-refractivity contribution in [3.63, 3.8) is 0 Å². The van der Waals surface area contributed by atoms with Crippen molar-refractivity contribution in [2.45, 2.75) is 89.0 Å². The number of fused-ring (bicyclic) bond motifs is 3. The Bertz CT molecular complexity index is 3650. The fraction of sp³-hybridized carbons (Fsp3) is 0.577. The van der Waals surface area contributed by atoms with E-state index < -0.39 is 102 Å². The molecule has 4 aromatic carbocycles. The van der Waals surface area contributed by atoms with Gasteiger partial charge in [0, 0.05) is 71.0 Å². The molecule has 2 fully saturated rings. The topological polar surface area (TPSA) is 439 Å². The van der Waals surface area contributed by atoms with Gasteiger partial charge in [0.15, 0.2) is 18.3 Å². The highest BCUT2D eigenvalue weighted by Gasteiger charge is 2.56. The Morgan fingerprint density at radius 3 is 1.51 bits per heavy atom. The molecule has 38 nitrogen and oxygen atoms in total. The summed E-state index contributed by atoms with van der Waals surface area (Å²) in [6.45, 7) is 10.7. The quantitative estimate of drug-likeness (QED) is 0.0141. The first-order valence-electron chi connectivity index (χ1n) is 37.8. The van der Waals surface area contributed by atoms with Gasteiger partial charge in [-0.3, -0.25) is 38.9 Å². The molecule has 0 spiro atoms. The number of nitro benzene ring substituents is 1. The van der Waals surface area contributed by atoms with Gasteiger partial charge in [-0.15, -0.1) is 0 Å². The van der Waals surface area contributed by atoms with Gasteiger partial charge in [0.05, 0.1) is 190 Å². The number of benzene rings is 4. The van der Waals surface area contributed by atoms with Crippen molar-refractivity contribution in [3.05, 3.63) is 123 Å². The number of hydrogen-bond donors (Lipinski definition) is 3. The van der Waals surface area contributed by atoms with Crippen LogP contribution in [0.2, 0.25) is 0 Å². The van der Waals surface area contributed by atoms with Crippen LogP contribution >= 0.6 is 0 Å². The third-order valence-corrected chi connectivity index (χ3v) is 17.3. The van der Waals surface area contributed by atoms with E-state index in [1.807, 2.05) is 48.5 Å². The van der Waals surface area contributed by atoms with Crippen LogP contribution in [0.5, 0.6) is 11.5 Å². The lowest BCUT2D eigenvalue weighted by Gasteiger charge is -2.49. The maximum atomic E-state index is 13.6. The largest absolute Gasteiger partial charge is 0.514 e. The lowest BCUT2D eigenvalue weighted by molar-refractivity contribution is -0.384. The number of non-ortho nitro benzene ring substituents is 1. The normalized spacial score (nSPS) is 16.5. The second-order valence-corrected chi connectivity index (χ2v) is 25.9. The molecule has 7 rings (SSSR count). The van der Waals surface area contributed by atoms with E-state index in [-0.39, 0.29) is 112 Å². The minimum absolute atomic E-state index is 0.0102. The zero-order valence-electron chi connectivity index (χ0n) is 65.8. The number of likely N-dealkylation sites (tertiary alicyclic amines) is 1. The van der Waals surface area contributed by atoms with Crippen LogP contribution in [-0.2, 0) is 141 Å². The number of methoxy groups -OCH3 is 2. The molecule has 0 bridgehead atoms. The van der Waals surface area contributed by atoms with Crippen LogP contribution < -0.4 is 25.4 Å². The molecule has 1 aliphatic carbocycles. The molecule has 4 aromatic rings. The highest BCUT2D eigenvalue weighted by molar-refractivity contribution is 5.81. The second-order valence-electron chi connectivity index (χ2n) is 25.9. The zero-order valence-corrected chi connectivity index (χ0v) is 65.8. The summed E-state index contributed by atoms with van der Waals surface area (Å²) >= 11 is 0. The van der Waals surface area contributed by atoms with E-state index in [1.165, 1.54) is 35.2 Å². The van der Waals surface area contributed by atoms with Gasteiger partial charge in [0.25, 0.3) is 5.69 Å². The van der Waals surface area contributed by atoms with Gasteiger partial charge in [0.1, 0.15) is 36.9 Å². The Balaban J connectivity index is 0.818. The summed E-state index contributed by atoms with van der Waals surface area (Å²) in [6.07, 6.45) is -11.1. The number of carbonyl (C=O) groups excluding carboxylic acids is 9. The SMILES string of the molecule is COCCOCCOCCOCCOCCOCCOCCOCCOCCOCCOCCOCCC(=O)N1CC(CNC(=O)OCC2c3ccccc3-c3ccccc32)(OCC(=O)NCCC(=O)NCc2cc(COC(=O)Oc3ccc([N+](=O)[O-])cc3)ccc2O[C@@H]2O[C@H](C(=O)OC)[C@@H](OC(C)=O)[C@H](OC(C)=O)[C@H]2OC(C)=O)C1. The molecule has 3 aliphatic rings. The predicted octanol–water partition coefficient (Wildman–Crippen LogP) is 3.86. The number of ether oxygens (including phenoxy) is 22. The lowest BCUT2D eigenvalue weighted by atomic mass is 9.93. The molecule has 640 valence electrons. The van der Waals surface area contributed by atoms with E-state index >= 15 is 0 Å². The highest BCUT2D eigenvalue weighted by Crippen LogP contribution is 2.45. The molecule has 0 saturated carbocycles. The molecule has 2 saturated heterocycles. The third-order valence-electron chi connectivity index (χ3n) is 17.3. The van der Waals surface area contributed by atoms with E-state index in [0.717, 1.165) is 62.3 Å². The van der Waals surface area contributed by atoms with E-state index in [2.05, 4.69) is 16.0 Å². The molecule has 0 aromatic heterocycles. The molecule has 5 atom stereocenters. The van der Waals surface area contributed by atoms with Crippen LogP contribution in [0.3, 0.4) is 0 Å². The first kappa shape index (κ1) is 93.5. The smallest absolute Gasteiger partial charge is 0.467 e. The van der Waals surface area contributed by atoms with Crippen molar-refractivity contribution in [1.29, 1.82) is 0 Å². The average molecular weight is 1640 g/mol. The van der Waals surface area contributed by atoms with Crippen molar-refractivity contribution in [1.82, 2.24) is 20.9 Å². The molecule has 0 radical (unpaired) electrons. The summed E-state index contributed by atoms with van der Waals surface area (Å²) in [6, 6.07) is 24.6. The number of alkyl carbamates (subject to hydrolysis) is 1. The second kappa shape index (κ2) is 52.8. The number of esters is 4. The fourth-order valence-corrected chi connectivity index (χ4v) is 11.8. The monoisotopic (exact) mass is 1640 g/mol. The summed E-state index contributed by atoms with van der Waals surface area (Å²) in [4.78, 5) is 129. The number of amides is 4. The zero-order chi connectivity index (χ0) is 83.1. The maximum absolute atomic E-state index is 13.6.